The number of carbonyl (C=O) groups is 1. The van der Waals surface area contributed by atoms with Crippen molar-refractivity contribution in [1.29, 1.82) is 0 Å². The van der Waals surface area contributed by atoms with Crippen molar-refractivity contribution >= 4 is 5.97 Å². The topological polar surface area (TPSA) is 48.3 Å². The Labute approximate surface area is 98.1 Å². The van der Waals surface area contributed by atoms with Crippen LogP contribution in [0, 0.1) is 0 Å². The van der Waals surface area contributed by atoms with Crippen molar-refractivity contribution < 1.29 is 9.53 Å². The van der Waals surface area contributed by atoms with Crippen molar-refractivity contribution in [1.82, 2.24) is 4.57 Å². The van der Waals surface area contributed by atoms with Crippen molar-refractivity contribution in [2.45, 2.75) is 0 Å². The van der Waals surface area contributed by atoms with Crippen LogP contribution in [0.4, 0.5) is 0 Å². The second kappa shape index (κ2) is 4.65. The highest BCUT2D eigenvalue weighted by Crippen LogP contribution is 2.13. The first kappa shape index (κ1) is 11.1. The van der Waals surface area contributed by atoms with Crippen LogP contribution in [0.15, 0.2) is 53.5 Å². The summed E-state index contributed by atoms with van der Waals surface area (Å²) in [5, 5.41) is 0. The molecular formula is C13H11NO3. The molecule has 17 heavy (non-hydrogen) atoms. The molecule has 2 aromatic rings. The molecule has 0 unspecified atom stereocenters. The maximum atomic E-state index is 11.7. The third-order valence-corrected chi connectivity index (χ3v) is 2.39. The first-order valence-corrected chi connectivity index (χ1v) is 5.09. The zero-order valence-corrected chi connectivity index (χ0v) is 9.29. The van der Waals surface area contributed by atoms with Crippen LogP contribution >= 0.6 is 0 Å². The minimum atomic E-state index is -0.462. The van der Waals surface area contributed by atoms with E-state index in [4.69, 9.17) is 0 Å². The molecule has 0 amide bonds. The number of benzene rings is 1. The van der Waals surface area contributed by atoms with Gasteiger partial charge in [-0.25, -0.2) is 4.79 Å². The molecule has 0 aliphatic rings. The summed E-state index contributed by atoms with van der Waals surface area (Å²) in [6.45, 7) is 0. The number of nitrogens with zero attached hydrogens (tertiary/aromatic N) is 1. The van der Waals surface area contributed by atoms with Crippen LogP contribution in [0.25, 0.3) is 5.69 Å². The number of aromatic nitrogens is 1. The Morgan fingerprint density at radius 3 is 2.53 bits per heavy atom. The van der Waals surface area contributed by atoms with Gasteiger partial charge in [0.1, 0.15) is 0 Å². The predicted octanol–water partition coefficient (Wildman–Crippen LogP) is 1.62. The van der Waals surface area contributed by atoms with Crippen LogP contribution in [0.1, 0.15) is 10.4 Å². The largest absolute Gasteiger partial charge is 0.465 e. The molecule has 0 radical (unpaired) electrons. The Bertz CT molecular complexity index is 601. The van der Waals surface area contributed by atoms with Crippen molar-refractivity contribution in [3.05, 3.63) is 64.6 Å². The summed E-state index contributed by atoms with van der Waals surface area (Å²) in [6.07, 6.45) is 1.62. The molecule has 0 N–H and O–H groups in total. The van der Waals surface area contributed by atoms with Gasteiger partial charge in [0.15, 0.2) is 0 Å². The first-order valence-electron chi connectivity index (χ1n) is 5.09. The van der Waals surface area contributed by atoms with Gasteiger partial charge in [0.2, 0.25) is 0 Å². The molecule has 1 aromatic heterocycles. The third-order valence-electron chi connectivity index (χ3n) is 2.39. The lowest BCUT2D eigenvalue weighted by atomic mass is 10.1. The number of methoxy groups -OCH3 is 1. The zero-order valence-electron chi connectivity index (χ0n) is 9.29. The number of pyridine rings is 1. The number of hydrogen-bond donors (Lipinski definition) is 0. The number of esters is 1. The van der Waals surface area contributed by atoms with Crippen molar-refractivity contribution in [2.75, 3.05) is 7.11 Å². The summed E-state index contributed by atoms with van der Waals surface area (Å²) in [5.74, 6) is -0.462. The molecule has 0 atom stereocenters. The molecule has 0 aliphatic carbocycles. The summed E-state index contributed by atoms with van der Waals surface area (Å²) >= 11 is 0. The van der Waals surface area contributed by atoms with Gasteiger partial charge in [0.05, 0.1) is 18.4 Å². The molecular weight excluding hydrogens is 218 g/mol. The van der Waals surface area contributed by atoms with Crippen LogP contribution in [0.2, 0.25) is 0 Å². The molecule has 86 valence electrons. The Balaban J connectivity index is 2.64. The molecule has 1 aromatic carbocycles. The fraction of sp³-hybridized carbons (Fsp3) is 0.0769. The molecule has 0 spiro atoms. The maximum Gasteiger partial charge on any atom is 0.339 e. The predicted molar refractivity (Wildman–Crippen MR) is 63.4 cm³/mol. The number of para-hydroxylation sites is 1. The number of rotatable bonds is 2. The Hall–Kier alpha value is -2.36. The van der Waals surface area contributed by atoms with E-state index in [-0.39, 0.29) is 5.56 Å². The van der Waals surface area contributed by atoms with Gasteiger partial charge in [-0.05, 0) is 18.2 Å². The fourth-order valence-corrected chi connectivity index (χ4v) is 1.59. The van der Waals surface area contributed by atoms with E-state index in [1.165, 1.54) is 17.7 Å². The minimum absolute atomic E-state index is 0.191. The number of carbonyl (C=O) groups excluding carboxylic acids is 1. The molecule has 0 saturated carbocycles. The van der Waals surface area contributed by atoms with E-state index in [9.17, 15) is 9.59 Å². The number of hydrogen-bond acceptors (Lipinski definition) is 3. The van der Waals surface area contributed by atoms with Crippen LogP contribution in [-0.2, 0) is 4.74 Å². The first-order chi connectivity index (χ1) is 8.24. The highest BCUT2D eigenvalue weighted by molar-refractivity contribution is 5.93. The van der Waals surface area contributed by atoms with Gasteiger partial charge in [-0.15, -0.1) is 0 Å². The fourth-order valence-electron chi connectivity index (χ4n) is 1.59. The van der Waals surface area contributed by atoms with E-state index < -0.39 is 5.97 Å². The quantitative estimate of drug-likeness (QED) is 0.735. The highest BCUT2D eigenvalue weighted by atomic mass is 16.5. The average molecular weight is 229 g/mol. The van der Waals surface area contributed by atoms with Gasteiger partial charge in [-0.2, -0.15) is 0 Å². The van der Waals surface area contributed by atoms with E-state index in [1.54, 1.807) is 42.6 Å². The van der Waals surface area contributed by atoms with E-state index in [0.29, 0.717) is 11.3 Å². The smallest absolute Gasteiger partial charge is 0.339 e. The Morgan fingerprint density at radius 2 is 1.82 bits per heavy atom. The average Bonchev–Trinajstić information content (AvgIpc) is 2.38. The lowest BCUT2D eigenvalue weighted by molar-refractivity contribution is 0.0600. The summed E-state index contributed by atoms with van der Waals surface area (Å²) in [7, 11) is 1.31. The molecule has 4 nitrogen and oxygen atoms in total. The third kappa shape index (κ3) is 2.10. The van der Waals surface area contributed by atoms with E-state index in [1.807, 2.05) is 0 Å². The monoisotopic (exact) mass is 229 g/mol. The van der Waals surface area contributed by atoms with Crippen LogP contribution < -0.4 is 5.56 Å². The summed E-state index contributed by atoms with van der Waals surface area (Å²) < 4.78 is 6.09. The van der Waals surface area contributed by atoms with Crippen LogP contribution in [-0.4, -0.2) is 17.6 Å². The standard InChI is InChI=1S/C13H11NO3/c1-17-13(16)10-6-2-3-7-11(10)14-9-5-4-8-12(14)15/h2-9H,1H3. The van der Waals surface area contributed by atoms with Gasteiger partial charge in [-0.1, -0.05) is 18.2 Å². The maximum absolute atomic E-state index is 11.7. The van der Waals surface area contributed by atoms with E-state index in [2.05, 4.69) is 4.74 Å². The van der Waals surface area contributed by atoms with Gasteiger partial charge < -0.3 is 4.74 Å². The molecule has 0 saturated heterocycles. The second-order valence-corrected chi connectivity index (χ2v) is 3.42. The highest BCUT2D eigenvalue weighted by Gasteiger charge is 2.12. The van der Waals surface area contributed by atoms with Crippen LogP contribution in [0.5, 0.6) is 0 Å². The van der Waals surface area contributed by atoms with Gasteiger partial charge in [0.25, 0.3) is 5.56 Å². The van der Waals surface area contributed by atoms with Crippen molar-refractivity contribution in [3.63, 3.8) is 0 Å². The molecule has 4 heteroatoms. The van der Waals surface area contributed by atoms with Gasteiger partial charge in [0, 0.05) is 12.3 Å². The normalized spacial score (nSPS) is 9.94. The minimum Gasteiger partial charge on any atom is -0.465 e. The lowest BCUT2D eigenvalue weighted by Gasteiger charge is -2.09. The van der Waals surface area contributed by atoms with Crippen molar-refractivity contribution in [2.24, 2.45) is 0 Å². The molecule has 0 fully saturated rings. The van der Waals surface area contributed by atoms with Gasteiger partial charge in [-0.3, -0.25) is 9.36 Å². The molecule has 0 aliphatic heterocycles. The Morgan fingerprint density at radius 1 is 1.12 bits per heavy atom. The lowest BCUT2D eigenvalue weighted by Crippen LogP contribution is -2.18. The molecule has 0 bridgehead atoms. The SMILES string of the molecule is COC(=O)c1ccccc1-n1ccccc1=O. The summed E-state index contributed by atoms with van der Waals surface area (Å²) in [4.78, 5) is 23.3. The molecule has 2 rings (SSSR count). The van der Waals surface area contributed by atoms with Crippen LogP contribution in [0.3, 0.4) is 0 Å². The van der Waals surface area contributed by atoms with E-state index >= 15 is 0 Å². The summed E-state index contributed by atoms with van der Waals surface area (Å²) in [6, 6.07) is 11.6. The Kier molecular flexibility index (Phi) is 3.05. The molecule has 1 heterocycles. The van der Waals surface area contributed by atoms with Gasteiger partial charge >= 0.3 is 5.97 Å². The van der Waals surface area contributed by atoms with E-state index in [0.717, 1.165) is 0 Å². The number of ether oxygens (including phenoxy) is 1. The summed E-state index contributed by atoms with van der Waals surface area (Å²) in [5.41, 5.74) is 0.692. The zero-order chi connectivity index (χ0) is 12.3. The van der Waals surface area contributed by atoms with Crippen molar-refractivity contribution in [3.8, 4) is 5.69 Å². The second-order valence-electron chi connectivity index (χ2n) is 3.42.